The fourth-order valence-electron chi connectivity index (χ4n) is 1.31. The largest absolute Gasteiger partial charge is 0.465 e. The SMILES string of the molecule is O=COC1CC1.c1ccc2cnccc2c1. The number of rotatable bonds is 2. The number of carbonyl (C=O) groups is 1. The molecule has 1 aliphatic carbocycles. The van der Waals surface area contributed by atoms with Gasteiger partial charge >= 0.3 is 0 Å². The highest BCUT2D eigenvalue weighted by molar-refractivity contribution is 5.80. The van der Waals surface area contributed by atoms with Crippen molar-refractivity contribution in [3.8, 4) is 0 Å². The van der Waals surface area contributed by atoms with Crippen LogP contribution in [0.4, 0.5) is 0 Å². The Bertz CT molecular complexity index is 401. The van der Waals surface area contributed by atoms with Crippen LogP contribution in [0.1, 0.15) is 12.8 Å². The van der Waals surface area contributed by atoms with Gasteiger partial charge in [0.2, 0.25) is 0 Å². The summed E-state index contributed by atoms with van der Waals surface area (Å²) in [5.41, 5.74) is 0. The average Bonchev–Trinajstić information content (AvgIpc) is 3.15. The average molecular weight is 215 g/mol. The molecule has 1 heterocycles. The molecular formula is C13H13NO2. The molecule has 0 amide bonds. The molecule has 0 atom stereocenters. The Balaban J connectivity index is 0.000000138. The van der Waals surface area contributed by atoms with E-state index in [2.05, 4.69) is 21.9 Å². The highest BCUT2D eigenvalue weighted by Crippen LogP contribution is 2.21. The summed E-state index contributed by atoms with van der Waals surface area (Å²) in [5.74, 6) is 0. The maximum Gasteiger partial charge on any atom is 0.293 e. The molecule has 82 valence electrons. The van der Waals surface area contributed by atoms with E-state index in [0.29, 0.717) is 6.47 Å². The van der Waals surface area contributed by atoms with Gasteiger partial charge in [0, 0.05) is 12.4 Å². The lowest BCUT2D eigenvalue weighted by Crippen LogP contribution is -1.86. The third kappa shape index (κ3) is 3.05. The molecule has 0 spiro atoms. The first-order valence-electron chi connectivity index (χ1n) is 5.28. The second-order valence-electron chi connectivity index (χ2n) is 3.65. The van der Waals surface area contributed by atoms with Gasteiger partial charge in [-0.25, -0.2) is 0 Å². The fourth-order valence-corrected chi connectivity index (χ4v) is 1.31. The van der Waals surface area contributed by atoms with Gasteiger partial charge < -0.3 is 4.74 Å². The zero-order chi connectivity index (χ0) is 11.2. The maximum atomic E-state index is 9.43. The smallest absolute Gasteiger partial charge is 0.293 e. The summed E-state index contributed by atoms with van der Waals surface area (Å²) in [4.78, 5) is 13.4. The Morgan fingerprint density at radius 1 is 1.19 bits per heavy atom. The molecule has 1 aliphatic rings. The summed E-state index contributed by atoms with van der Waals surface area (Å²) in [6.07, 6.45) is 6.09. The summed E-state index contributed by atoms with van der Waals surface area (Å²) >= 11 is 0. The molecule has 2 aromatic rings. The number of hydrogen-bond donors (Lipinski definition) is 0. The molecule has 1 saturated carbocycles. The summed E-state index contributed by atoms with van der Waals surface area (Å²) in [5, 5.41) is 2.45. The number of carbonyl (C=O) groups excluding carboxylic acids is 1. The van der Waals surface area contributed by atoms with Crippen LogP contribution in [0, 0.1) is 0 Å². The Morgan fingerprint density at radius 3 is 2.50 bits per heavy atom. The van der Waals surface area contributed by atoms with Crippen LogP contribution in [0.15, 0.2) is 42.7 Å². The fraction of sp³-hybridized carbons (Fsp3) is 0.231. The molecule has 0 bridgehead atoms. The van der Waals surface area contributed by atoms with Gasteiger partial charge in [-0.15, -0.1) is 0 Å². The van der Waals surface area contributed by atoms with Crippen LogP contribution in [0.2, 0.25) is 0 Å². The van der Waals surface area contributed by atoms with Gasteiger partial charge in [0.05, 0.1) is 0 Å². The lowest BCUT2D eigenvalue weighted by Gasteiger charge is -1.91. The van der Waals surface area contributed by atoms with E-state index in [4.69, 9.17) is 0 Å². The second-order valence-corrected chi connectivity index (χ2v) is 3.65. The second kappa shape index (κ2) is 5.26. The van der Waals surface area contributed by atoms with E-state index in [1.165, 1.54) is 10.8 Å². The Morgan fingerprint density at radius 2 is 1.94 bits per heavy atom. The number of pyridine rings is 1. The minimum atomic E-state index is 0.280. The van der Waals surface area contributed by atoms with Crippen molar-refractivity contribution in [1.82, 2.24) is 4.98 Å². The highest BCUT2D eigenvalue weighted by atomic mass is 16.5. The third-order valence-corrected chi connectivity index (χ3v) is 2.32. The minimum Gasteiger partial charge on any atom is -0.465 e. The molecular weight excluding hydrogens is 202 g/mol. The Kier molecular flexibility index (Phi) is 3.49. The number of ether oxygens (including phenoxy) is 1. The van der Waals surface area contributed by atoms with Crippen molar-refractivity contribution in [1.29, 1.82) is 0 Å². The molecule has 3 rings (SSSR count). The molecule has 0 unspecified atom stereocenters. The maximum absolute atomic E-state index is 9.43. The minimum absolute atomic E-state index is 0.280. The summed E-state index contributed by atoms with van der Waals surface area (Å²) < 4.78 is 4.47. The molecule has 0 N–H and O–H groups in total. The van der Waals surface area contributed by atoms with Crippen molar-refractivity contribution in [3.63, 3.8) is 0 Å². The monoisotopic (exact) mass is 215 g/mol. The molecule has 1 fully saturated rings. The van der Waals surface area contributed by atoms with Crippen molar-refractivity contribution in [2.75, 3.05) is 0 Å². The predicted molar refractivity (Wildman–Crippen MR) is 61.9 cm³/mol. The van der Waals surface area contributed by atoms with E-state index in [-0.39, 0.29) is 6.10 Å². The lowest BCUT2D eigenvalue weighted by atomic mass is 10.2. The number of benzene rings is 1. The first-order valence-corrected chi connectivity index (χ1v) is 5.28. The van der Waals surface area contributed by atoms with Crippen molar-refractivity contribution in [2.45, 2.75) is 18.9 Å². The van der Waals surface area contributed by atoms with Crippen LogP contribution in [0.3, 0.4) is 0 Å². The van der Waals surface area contributed by atoms with Crippen LogP contribution < -0.4 is 0 Å². The molecule has 3 heteroatoms. The Labute approximate surface area is 94.1 Å². The quantitative estimate of drug-likeness (QED) is 0.723. The number of fused-ring (bicyclic) bond motifs is 1. The van der Waals surface area contributed by atoms with E-state index in [9.17, 15) is 4.79 Å². The molecule has 0 saturated heterocycles. The van der Waals surface area contributed by atoms with Gasteiger partial charge in [0.15, 0.2) is 0 Å². The first-order chi connectivity index (χ1) is 7.90. The van der Waals surface area contributed by atoms with Crippen molar-refractivity contribution < 1.29 is 9.53 Å². The number of hydrogen-bond acceptors (Lipinski definition) is 3. The van der Waals surface area contributed by atoms with Crippen LogP contribution in [0.5, 0.6) is 0 Å². The normalized spacial score (nSPS) is 13.8. The van der Waals surface area contributed by atoms with Crippen molar-refractivity contribution >= 4 is 17.2 Å². The topological polar surface area (TPSA) is 39.2 Å². The van der Waals surface area contributed by atoms with Crippen LogP contribution in [-0.4, -0.2) is 17.6 Å². The molecule has 0 radical (unpaired) electrons. The summed E-state index contributed by atoms with van der Waals surface area (Å²) in [6, 6.07) is 10.2. The van der Waals surface area contributed by atoms with Crippen LogP contribution in [0.25, 0.3) is 10.8 Å². The van der Waals surface area contributed by atoms with E-state index >= 15 is 0 Å². The van der Waals surface area contributed by atoms with Crippen LogP contribution in [-0.2, 0) is 9.53 Å². The molecule has 1 aromatic heterocycles. The van der Waals surface area contributed by atoms with Crippen molar-refractivity contribution in [3.05, 3.63) is 42.7 Å². The number of aromatic nitrogens is 1. The molecule has 1 aromatic carbocycles. The zero-order valence-corrected chi connectivity index (χ0v) is 8.87. The first kappa shape index (κ1) is 10.6. The molecule has 3 nitrogen and oxygen atoms in total. The highest BCUT2D eigenvalue weighted by Gasteiger charge is 2.21. The lowest BCUT2D eigenvalue weighted by molar-refractivity contribution is -0.129. The van der Waals surface area contributed by atoms with Gasteiger partial charge in [-0.3, -0.25) is 9.78 Å². The van der Waals surface area contributed by atoms with E-state index in [0.717, 1.165) is 12.8 Å². The third-order valence-electron chi connectivity index (χ3n) is 2.32. The van der Waals surface area contributed by atoms with Crippen molar-refractivity contribution in [2.24, 2.45) is 0 Å². The predicted octanol–water partition coefficient (Wildman–Crippen LogP) is 2.56. The van der Waals surface area contributed by atoms with Gasteiger partial charge in [-0.2, -0.15) is 0 Å². The summed E-state index contributed by atoms with van der Waals surface area (Å²) in [7, 11) is 0. The Hall–Kier alpha value is -1.90. The number of nitrogens with zero attached hydrogens (tertiary/aromatic N) is 1. The van der Waals surface area contributed by atoms with E-state index in [1.54, 1.807) is 0 Å². The molecule has 0 aliphatic heterocycles. The van der Waals surface area contributed by atoms with Crippen LogP contribution >= 0.6 is 0 Å². The van der Waals surface area contributed by atoms with E-state index < -0.39 is 0 Å². The molecule has 16 heavy (non-hydrogen) atoms. The zero-order valence-electron chi connectivity index (χ0n) is 8.87. The van der Waals surface area contributed by atoms with E-state index in [1.807, 2.05) is 30.6 Å². The van der Waals surface area contributed by atoms with Gasteiger partial charge in [-0.05, 0) is 29.7 Å². The summed E-state index contributed by atoms with van der Waals surface area (Å²) in [6.45, 7) is 0.512. The standard InChI is InChI=1S/C9H7N.C4H6O2/c1-2-4-9-7-10-6-5-8(9)3-1;5-3-6-4-1-2-4/h1-7H;3-4H,1-2H2. The van der Waals surface area contributed by atoms with Gasteiger partial charge in [-0.1, -0.05) is 24.3 Å². The van der Waals surface area contributed by atoms with Gasteiger partial charge in [0.25, 0.3) is 6.47 Å². The van der Waals surface area contributed by atoms with Gasteiger partial charge in [0.1, 0.15) is 6.10 Å².